The van der Waals surface area contributed by atoms with E-state index in [1.165, 1.54) is 36.2 Å². The van der Waals surface area contributed by atoms with E-state index in [9.17, 15) is 27.6 Å². The van der Waals surface area contributed by atoms with Gasteiger partial charge in [-0.05, 0) is 37.3 Å². The maximum absolute atomic E-state index is 14.0. The molecule has 1 aliphatic rings. The molecule has 1 aliphatic heterocycles. The quantitative estimate of drug-likeness (QED) is 0.341. The first kappa shape index (κ1) is 34.0. The molecule has 3 N–H and O–H groups in total. The molecule has 3 rings (SSSR count). The molecule has 3 atom stereocenters. The number of anilines is 1. The number of rotatable bonds is 10. The third-order valence-corrected chi connectivity index (χ3v) is 6.73. The smallest absolute Gasteiger partial charge is 0.369 e. The fourth-order valence-electron chi connectivity index (χ4n) is 4.63. The summed E-state index contributed by atoms with van der Waals surface area (Å²) in [7, 11) is 1.46. The second-order valence-electron chi connectivity index (χ2n) is 10.3. The van der Waals surface area contributed by atoms with Crippen LogP contribution in [0.5, 0.6) is 0 Å². The summed E-state index contributed by atoms with van der Waals surface area (Å²) in [6.45, 7) is 12.9. The third kappa shape index (κ3) is 8.41. The Kier molecular flexibility index (Phi) is 12.3. The van der Waals surface area contributed by atoms with Crippen LogP contribution in [0.1, 0.15) is 56.7 Å². The van der Waals surface area contributed by atoms with Gasteiger partial charge < -0.3 is 16.0 Å². The van der Waals surface area contributed by atoms with Gasteiger partial charge in [0.25, 0.3) is 5.91 Å². The molecule has 226 valence electrons. The van der Waals surface area contributed by atoms with Crippen LogP contribution in [0.3, 0.4) is 0 Å². The first-order chi connectivity index (χ1) is 19.8. The van der Waals surface area contributed by atoms with Gasteiger partial charge in [0.2, 0.25) is 18.0 Å². The summed E-state index contributed by atoms with van der Waals surface area (Å²) >= 11 is 0. The Hall–Kier alpha value is -4.21. The molecule has 1 heterocycles. The predicted octanol–water partition coefficient (Wildman–Crippen LogP) is 5.88. The third-order valence-electron chi connectivity index (χ3n) is 6.73. The summed E-state index contributed by atoms with van der Waals surface area (Å²) in [6.07, 6.45) is -1.34. The minimum absolute atomic E-state index is 0.00639. The van der Waals surface area contributed by atoms with Crippen LogP contribution >= 0.6 is 0 Å². The van der Waals surface area contributed by atoms with E-state index in [0.717, 1.165) is 12.5 Å². The van der Waals surface area contributed by atoms with E-state index in [2.05, 4.69) is 30.4 Å². The van der Waals surface area contributed by atoms with Gasteiger partial charge in [-0.15, -0.1) is 13.2 Å². The number of benzene rings is 2. The maximum Gasteiger partial charge on any atom is 0.417 e. The number of likely N-dealkylation sites (N-methyl/N-ethyl adjacent to an activating group) is 1. The number of alkyl halides is 3. The minimum Gasteiger partial charge on any atom is -0.369 e. The first-order valence-electron chi connectivity index (χ1n) is 13.7. The van der Waals surface area contributed by atoms with Gasteiger partial charge in [-0.1, -0.05) is 69.3 Å². The molecule has 2 aromatic rings. The largest absolute Gasteiger partial charge is 0.417 e. The maximum atomic E-state index is 14.0. The SMILES string of the molecule is C=CCC.C=CCC(C(N)=O)C(CC(C)C)C(=O)NC1N=C(c2ccccc2C(F)(F)F)c2ccccc2N(C)C1=O. The number of para-hydroxylation sites is 1. The van der Waals surface area contributed by atoms with Crippen LogP contribution in [0.15, 0.2) is 78.8 Å². The summed E-state index contributed by atoms with van der Waals surface area (Å²) in [5.41, 5.74) is 4.98. The Morgan fingerprint density at radius 3 is 2.14 bits per heavy atom. The molecule has 0 fully saturated rings. The van der Waals surface area contributed by atoms with Crippen molar-refractivity contribution >= 4 is 29.1 Å². The lowest BCUT2D eigenvalue weighted by molar-refractivity contribution is -0.137. The molecule has 10 heteroatoms. The van der Waals surface area contributed by atoms with E-state index in [1.54, 1.807) is 24.3 Å². The second kappa shape index (κ2) is 15.1. The van der Waals surface area contributed by atoms with Crippen LogP contribution in [0.25, 0.3) is 0 Å². The Labute approximate surface area is 245 Å². The number of benzodiazepines with no additional fused rings is 1. The van der Waals surface area contributed by atoms with Gasteiger partial charge in [0.1, 0.15) is 0 Å². The molecule has 0 aromatic heterocycles. The second-order valence-corrected chi connectivity index (χ2v) is 10.3. The number of carbonyl (C=O) groups excluding carboxylic acids is 3. The van der Waals surface area contributed by atoms with Crippen LogP contribution in [-0.4, -0.2) is 36.6 Å². The monoisotopic (exact) mass is 584 g/mol. The number of nitrogens with two attached hydrogens (primary N) is 1. The highest BCUT2D eigenvalue weighted by molar-refractivity contribution is 6.20. The Bertz CT molecular complexity index is 1320. The first-order valence-corrected chi connectivity index (χ1v) is 13.7. The molecule has 2 aromatic carbocycles. The zero-order valence-electron chi connectivity index (χ0n) is 24.4. The number of allylic oxidation sites excluding steroid dienone is 2. The van der Waals surface area contributed by atoms with E-state index in [1.807, 2.05) is 19.9 Å². The molecule has 7 nitrogen and oxygen atoms in total. The van der Waals surface area contributed by atoms with Crippen LogP contribution in [0.2, 0.25) is 0 Å². The van der Waals surface area contributed by atoms with Crippen molar-refractivity contribution in [1.29, 1.82) is 0 Å². The summed E-state index contributed by atoms with van der Waals surface area (Å²) in [6, 6.07) is 11.4. The molecular formula is C32H39F3N4O3. The topological polar surface area (TPSA) is 105 Å². The van der Waals surface area contributed by atoms with Gasteiger partial charge in [-0.2, -0.15) is 13.2 Å². The Morgan fingerprint density at radius 1 is 1.05 bits per heavy atom. The number of halogens is 3. The number of aliphatic imine (C=N–C) groups is 1. The van der Waals surface area contributed by atoms with Crippen molar-refractivity contribution in [3.8, 4) is 0 Å². The number of fused-ring (bicyclic) bond motifs is 1. The lowest BCUT2D eigenvalue weighted by Gasteiger charge is -2.27. The fourth-order valence-corrected chi connectivity index (χ4v) is 4.63. The average molecular weight is 585 g/mol. The number of nitrogens with one attached hydrogen (secondary N) is 1. The molecule has 0 aliphatic carbocycles. The van der Waals surface area contributed by atoms with Crippen molar-refractivity contribution < 1.29 is 27.6 Å². The summed E-state index contributed by atoms with van der Waals surface area (Å²) in [5.74, 6) is -3.74. The number of primary amides is 1. The van der Waals surface area contributed by atoms with Crippen LogP contribution in [-0.2, 0) is 20.6 Å². The number of hydrogen-bond acceptors (Lipinski definition) is 4. The highest BCUT2D eigenvalue weighted by Gasteiger charge is 2.39. The van der Waals surface area contributed by atoms with Crippen molar-refractivity contribution in [1.82, 2.24) is 5.32 Å². The van der Waals surface area contributed by atoms with Crippen LogP contribution in [0, 0.1) is 17.8 Å². The molecule has 0 spiro atoms. The van der Waals surface area contributed by atoms with Gasteiger partial charge in [0.05, 0.1) is 28.8 Å². The fraction of sp³-hybridized carbons (Fsp3) is 0.375. The summed E-state index contributed by atoms with van der Waals surface area (Å²) in [4.78, 5) is 44.8. The molecule has 3 amide bonds. The lowest BCUT2D eigenvalue weighted by Crippen LogP contribution is -2.50. The van der Waals surface area contributed by atoms with Gasteiger partial charge >= 0.3 is 6.18 Å². The molecule has 3 unspecified atom stereocenters. The van der Waals surface area contributed by atoms with Crippen molar-refractivity contribution in [2.75, 3.05) is 11.9 Å². The lowest BCUT2D eigenvalue weighted by atomic mass is 9.82. The van der Waals surface area contributed by atoms with Gasteiger partial charge in [0.15, 0.2) is 0 Å². The average Bonchev–Trinajstić information content (AvgIpc) is 3.04. The molecule has 0 radical (unpaired) electrons. The van der Waals surface area contributed by atoms with Gasteiger partial charge in [-0.3, -0.25) is 14.4 Å². The molecule has 0 saturated carbocycles. The van der Waals surface area contributed by atoms with Crippen LogP contribution in [0.4, 0.5) is 18.9 Å². The van der Waals surface area contributed by atoms with Crippen molar-refractivity contribution in [3.63, 3.8) is 0 Å². The van der Waals surface area contributed by atoms with Crippen molar-refractivity contribution in [2.24, 2.45) is 28.5 Å². The molecule has 42 heavy (non-hydrogen) atoms. The van der Waals surface area contributed by atoms with E-state index >= 15 is 0 Å². The summed E-state index contributed by atoms with van der Waals surface area (Å²) < 4.78 is 41.9. The van der Waals surface area contributed by atoms with E-state index in [-0.39, 0.29) is 30.0 Å². The zero-order chi connectivity index (χ0) is 31.6. The predicted molar refractivity (Wildman–Crippen MR) is 160 cm³/mol. The highest BCUT2D eigenvalue weighted by atomic mass is 19.4. The normalized spacial score (nSPS) is 16.2. The van der Waals surface area contributed by atoms with E-state index in [0.29, 0.717) is 11.3 Å². The van der Waals surface area contributed by atoms with Gasteiger partial charge in [0, 0.05) is 18.2 Å². The minimum atomic E-state index is -4.68. The molecule has 0 saturated heterocycles. The zero-order valence-corrected chi connectivity index (χ0v) is 24.4. The molecule has 0 bridgehead atoms. The highest BCUT2D eigenvalue weighted by Crippen LogP contribution is 2.35. The molecular weight excluding hydrogens is 545 g/mol. The summed E-state index contributed by atoms with van der Waals surface area (Å²) in [5, 5.41) is 2.59. The number of hydrogen-bond donors (Lipinski definition) is 2. The van der Waals surface area contributed by atoms with E-state index < -0.39 is 47.5 Å². The van der Waals surface area contributed by atoms with E-state index in [4.69, 9.17) is 5.73 Å². The standard InChI is InChI=1S/C28H31F3N4O3.C4H8/c1-5-10-17(24(32)36)20(15-16(2)3)26(37)34-25-27(38)35(4)22-14-9-7-12-19(22)23(33-25)18-11-6-8-13-21(18)28(29,30)31;1-3-4-2/h5-9,11-14,16-17,20,25H,1,10,15H2,2-4H3,(H2,32,36)(H,34,37);3H,1,4H2,2H3. The van der Waals surface area contributed by atoms with Crippen molar-refractivity contribution in [3.05, 3.63) is 90.5 Å². The number of carbonyl (C=O) groups is 3. The Balaban J connectivity index is 0.00000144. The Morgan fingerprint density at radius 2 is 1.62 bits per heavy atom. The van der Waals surface area contributed by atoms with Crippen LogP contribution < -0.4 is 16.0 Å². The number of nitrogens with zero attached hydrogens (tertiary/aromatic N) is 2. The van der Waals surface area contributed by atoms with Gasteiger partial charge in [-0.25, -0.2) is 4.99 Å². The van der Waals surface area contributed by atoms with Crippen molar-refractivity contribution in [2.45, 2.75) is 52.4 Å². The number of amides is 3.